The zero-order valence-electron chi connectivity index (χ0n) is 9.43. The Labute approximate surface area is 101 Å². The van der Waals surface area contributed by atoms with Gasteiger partial charge in [-0.25, -0.2) is 18.2 Å². The van der Waals surface area contributed by atoms with Crippen molar-refractivity contribution in [3.8, 4) is 0 Å². The van der Waals surface area contributed by atoms with Gasteiger partial charge in [0.05, 0.1) is 28.9 Å². The van der Waals surface area contributed by atoms with E-state index in [0.717, 1.165) is 6.07 Å². The van der Waals surface area contributed by atoms with Crippen LogP contribution in [0.3, 0.4) is 0 Å². The van der Waals surface area contributed by atoms with Crippen LogP contribution in [0, 0.1) is 17.5 Å². The van der Waals surface area contributed by atoms with Gasteiger partial charge in [-0.15, -0.1) is 0 Å². The average molecular weight is 257 g/mol. The Balaban J connectivity index is 2.79. The molecule has 0 atom stereocenters. The lowest BCUT2D eigenvalue weighted by Crippen LogP contribution is -2.10. The molecule has 0 bridgehead atoms. The van der Waals surface area contributed by atoms with Crippen LogP contribution in [0.2, 0.25) is 0 Å². The first-order chi connectivity index (χ1) is 8.58. The minimum absolute atomic E-state index is 0.0334. The Morgan fingerprint density at radius 3 is 2.61 bits per heavy atom. The fourth-order valence-corrected chi connectivity index (χ4v) is 1.69. The van der Waals surface area contributed by atoms with Crippen molar-refractivity contribution < 1.29 is 17.9 Å². The van der Waals surface area contributed by atoms with Crippen molar-refractivity contribution in [2.75, 3.05) is 12.5 Å². The van der Waals surface area contributed by atoms with Crippen molar-refractivity contribution in [3.63, 3.8) is 0 Å². The number of rotatable bonds is 3. The van der Waals surface area contributed by atoms with Crippen LogP contribution in [-0.2, 0) is 11.3 Å². The molecule has 1 heterocycles. The number of fused-ring (bicyclic) bond motifs is 1. The van der Waals surface area contributed by atoms with E-state index >= 15 is 0 Å². The number of nitrogens with two attached hydrogens (primary N) is 1. The lowest BCUT2D eigenvalue weighted by molar-refractivity contribution is 0.182. The number of ether oxygens (including phenoxy) is 1. The molecule has 96 valence electrons. The quantitative estimate of drug-likeness (QED) is 0.502. The zero-order chi connectivity index (χ0) is 13.3. The third kappa shape index (κ3) is 1.98. The maximum atomic E-state index is 13.6. The largest absolute Gasteiger partial charge is 0.378 e. The molecule has 0 amide bonds. The molecule has 0 aliphatic heterocycles. The smallest absolute Gasteiger partial charge is 0.195 e. The van der Waals surface area contributed by atoms with Crippen LogP contribution < -0.4 is 11.3 Å². The van der Waals surface area contributed by atoms with Crippen LogP contribution in [-0.4, -0.2) is 12.1 Å². The van der Waals surface area contributed by atoms with Gasteiger partial charge >= 0.3 is 0 Å². The Morgan fingerprint density at radius 1 is 1.28 bits per heavy atom. The summed E-state index contributed by atoms with van der Waals surface area (Å²) in [6.07, 6.45) is 0. The summed E-state index contributed by atoms with van der Waals surface area (Å²) < 4.78 is 44.8. The number of nitrogens with one attached hydrogen (secondary N) is 1. The van der Waals surface area contributed by atoms with Crippen LogP contribution in [0.15, 0.2) is 12.1 Å². The molecule has 2 aromatic rings. The highest BCUT2D eigenvalue weighted by Gasteiger charge is 2.18. The van der Waals surface area contributed by atoms with Gasteiger partial charge in [0.2, 0.25) is 0 Å². The van der Waals surface area contributed by atoms with Crippen molar-refractivity contribution in [3.05, 3.63) is 35.3 Å². The van der Waals surface area contributed by atoms with Crippen LogP contribution in [0.25, 0.3) is 10.9 Å². The molecule has 4 nitrogen and oxygen atoms in total. The van der Waals surface area contributed by atoms with Gasteiger partial charge in [-0.1, -0.05) is 0 Å². The Hall–Kier alpha value is -1.86. The molecule has 0 saturated heterocycles. The maximum absolute atomic E-state index is 13.6. The van der Waals surface area contributed by atoms with E-state index in [1.54, 1.807) is 0 Å². The van der Waals surface area contributed by atoms with Crippen molar-refractivity contribution >= 4 is 16.6 Å². The first-order valence-corrected chi connectivity index (χ1v) is 5.01. The molecule has 0 spiro atoms. The first-order valence-electron chi connectivity index (χ1n) is 5.01. The predicted octanol–water partition coefficient (Wildman–Crippen LogP) is 2.08. The van der Waals surface area contributed by atoms with Crippen molar-refractivity contribution in [1.29, 1.82) is 0 Å². The normalized spacial score (nSPS) is 10.9. The van der Waals surface area contributed by atoms with Crippen molar-refractivity contribution in [2.24, 2.45) is 5.84 Å². The van der Waals surface area contributed by atoms with Gasteiger partial charge in [0.1, 0.15) is 0 Å². The summed E-state index contributed by atoms with van der Waals surface area (Å²) in [6, 6.07) is 2.22. The summed E-state index contributed by atoms with van der Waals surface area (Å²) in [5.74, 6) is 1.06. The molecule has 3 N–H and O–H groups in total. The van der Waals surface area contributed by atoms with Crippen LogP contribution in [0.5, 0.6) is 0 Å². The van der Waals surface area contributed by atoms with Gasteiger partial charge < -0.3 is 10.2 Å². The number of aromatic nitrogens is 1. The van der Waals surface area contributed by atoms with Crippen molar-refractivity contribution in [2.45, 2.75) is 6.61 Å². The molecule has 2 rings (SSSR count). The average Bonchev–Trinajstić information content (AvgIpc) is 2.35. The fraction of sp³-hybridized carbons (Fsp3) is 0.182. The Morgan fingerprint density at radius 2 is 2.00 bits per heavy atom. The van der Waals surface area contributed by atoms with Gasteiger partial charge in [-0.2, -0.15) is 0 Å². The predicted molar refractivity (Wildman–Crippen MR) is 60.1 cm³/mol. The molecule has 0 fully saturated rings. The molecule has 0 radical (unpaired) electrons. The molecule has 1 aromatic heterocycles. The SMILES string of the molecule is COCc1cc(NN)c2c(F)c(F)c(F)cc2n1. The number of methoxy groups -OCH3 is 1. The first kappa shape index (κ1) is 12.6. The lowest BCUT2D eigenvalue weighted by atomic mass is 10.1. The topological polar surface area (TPSA) is 60.2 Å². The third-order valence-electron chi connectivity index (χ3n) is 2.43. The van der Waals surface area contributed by atoms with E-state index in [2.05, 4.69) is 10.4 Å². The van der Waals surface area contributed by atoms with E-state index in [0.29, 0.717) is 5.69 Å². The summed E-state index contributed by atoms with van der Waals surface area (Å²) in [6.45, 7) is 0.144. The monoisotopic (exact) mass is 257 g/mol. The Kier molecular flexibility index (Phi) is 3.35. The van der Waals surface area contributed by atoms with Crippen LogP contribution in [0.1, 0.15) is 5.69 Å². The second kappa shape index (κ2) is 4.79. The number of hydrogen-bond acceptors (Lipinski definition) is 4. The molecule has 7 heteroatoms. The lowest BCUT2D eigenvalue weighted by Gasteiger charge is -2.10. The number of nitrogens with zero attached hydrogens (tertiary/aromatic N) is 1. The van der Waals surface area contributed by atoms with Crippen LogP contribution in [0.4, 0.5) is 18.9 Å². The van der Waals surface area contributed by atoms with E-state index in [1.807, 2.05) is 0 Å². The van der Waals surface area contributed by atoms with Gasteiger partial charge in [-0.05, 0) is 6.07 Å². The second-order valence-electron chi connectivity index (χ2n) is 3.62. The molecule has 0 aliphatic rings. The number of halogens is 3. The zero-order valence-corrected chi connectivity index (χ0v) is 9.43. The number of benzene rings is 1. The number of anilines is 1. The van der Waals surface area contributed by atoms with E-state index < -0.39 is 17.5 Å². The third-order valence-corrected chi connectivity index (χ3v) is 2.43. The summed E-state index contributed by atoms with van der Waals surface area (Å²) in [7, 11) is 1.45. The second-order valence-corrected chi connectivity index (χ2v) is 3.62. The fourth-order valence-electron chi connectivity index (χ4n) is 1.69. The molecular formula is C11H10F3N3O. The molecule has 18 heavy (non-hydrogen) atoms. The summed E-state index contributed by atoms with van der Waals surface area (Å²) in [5, 5.41) is -0.198. The van der Waals surface area contributed by atoms with E-state index in [-0.39, 0.29) is 23.2 Å². The maximum Gasteiger partial charge on any atom is 0.195 e. The van der Waals surface area contributed by atoms with Gasteiger partial charge in [-0.3, -0.25) is 5.84 Å². The molecule has 0 aliphatic carbocycles. The minimum Gasteiger partial charge on any atom is -0.378 e. The highest BCUT2D eigenvalue weighted by molar-refractivity contribution is 5.92. The summed E-state index contributed by atoms with van der Waals surface area (Å²) in [5.41, 5.74) is 2.73. The minimum atomic E-state index is -1.56. The standard InChI is InChI=1S/C11H10F3N3O/c1-18-4-5-2-8(17-15)9-7(16-5)3-6(12)10(13)11(9)14/h2-3H,4,15H2,1H3,(H,16,17). The summed E-state index contributed by atoms with van der Waals surface area (Å²) >= 11 is 0. The van der Waals surface area contributed by atoms with Crippen LogP contribution >= 0.6 is 0 Å². The molecule has 0 unspecified atom stereocenters. The highest BCUT2D eigenvalue weighted by Crippen LogP contribution is 2.28. The van der Waals surface area contributed by atoms with Gasteiger partial charge in [0, 0.05) is 13.2 Å². The summed E-state index contributed by atoms with van der Waals surface area (Å²) in [4.78, 5) is 3.97. The molecule has 0 saturated carbocycles. The van der Waals surface area contributed by atoms with Crippen molar-refractivity contribution in [1.82, 2.24) is 4.98 Å². The number of hydrazine groups is 1. The number of nitrogen functional groups attached to an aromatic ring is 1. The highest BCUT2D eigenvalue weighted by atomic mass is 19.2. The molecule has 1 aromatic carbocycles. The number of hydrogen-bond donors (Lipinski definition) is 2. The van der Waals surface area contributed by atoms with E-state index in [9.17, 15) is 13.2 Å². The van der Waals surface area contributed by atoms with Gasteiger partial charge in [0.15, 0.2) is 17.5 Å². The molecular weight excluding hydrogens is 247 g/mol. The Bertz CT molecular complexity index is 604. The van der Waals surface area contributed by atoms with Gasteiger partial charge in [0.25, 0.3) is 0 Å². The number of pyridine rings is 1. The van der Waals surface area contributed by atoms with E-state index in [1.165, 1.54) is 13.2 Å². The van der Waals surface area contributed by atoms with E-state index in [4.69, 9.17) is 10.6 Å².